The van der Waals surface area contributed by atoms with Crippen LogP contribution < -0.4 is 0 Å². The van der Waals surface area contributed by atoms with E-state index in [1.807, 2.05) is 22.9 Å². The molecule has 7 heteroatoms. The van der Waals surface area contributed by atoms with Crippen LogP contribution in [0, 0.1) is 11.8 Å². The minimum Gasteiger partial charge on any atom is -0.378 e. The van der Waals surface area contributed by atoms with Crippen LogP contribution in [0.2, 0.25) is 0 Å². The van der Waals surface area contributed by atoms with Gasteiger partial charge in [0.2, 0.25) is 11.8 Å². The van der Waals surface area contributed by atoms with Crippen molar-refractivity contribution in [2.75, 3.05) is 32.8 Å². The molecule has 1 aromatic heterocycles. The Morgan fingerprint density at radius 3 is 2.60 bits per heavy atom. The average molecular weight is 346 g/mol. The van der Waals surface area contributed by atoms with Crippen LogP contribution in [0.3, 0.4) is 0 Å². The van der Waals surface area contributed by atoms with Gasteiger partial charge < -0.3 is 19.1 Å². The summed E-state index contributed by atoms with van der Waals surface area (Å²) < 4.78 is 7.40. The van der Waals surface area contributed by atoms with Crippen LogP contribution in [0.4, 0.5) is 0 Å². The molecule has 2 amide bonds. The van der Waals surface area contributed by atoms with Crippen LogP contribution in [0.1, 0.15) is 37.8 Å². The van der Waals surface area contributed by atoms with Crippen LogP contribution >= 0.6 is 0 Å². The van der Waals surface area contributed by atoms with E-state index < -0.39 is 0 Å². The Hall–Kier alpha value is -1.89. The largest absolute Gasteiger partial charge is 0.378 e. The molecule has 7 nitrogen and oxygen atoms in total. The van der Waals surface area contributed by atoms with Crippen molar-refractivity contribution in [2.24, 2.45) is 11.8 Å². The Balaban J connectivity index is 1.44. The highest BCUT2D eigenvalue weighted by Crippen LogP contribution is 2.41. The van der Waals surface area contributed by atoms with E-state index in [-0.39, 0.29) is 23.8 Å². The van der Waals surface area contributed by atoms with Gasteiger partial charge in [-0.15, -0.1) is 0 Å². The van der Waals surface area contributed by atoms with Gasteiger partial charge in [0.1, 0.15) is 5.82 Å². The van der Waals surface area contributed by atoms with Crippen molar-refractivity contribution >= 4 is 11.8 Å². The second-order valence-electron chi connectivity index (χ2n) is 7.48. The lowest BCUT2D eigenvalue weighted by molar-refractivity contribution is -0.136. The molecule has 1 saturated carbocycles. The zero-order chi connectivity index (χ0) is 17.6. The van der Waals surface area contributed by atoms with Crippen LogP contribution in [-0.4, -0.2) is 64.0 Å². The number of carbonyl (C=O) groups excluding carboxylic acids is 2. The molecule has 2 fully saturated rings. The summed E-state index contributed by atoms with van der Waals surface area (Å²) in [5, 5.41) is 0. The van der Waals surface area contributed by atoms with Crippen molar-refractivity contribution in [3.05, 3.63) is 17.7 Å². The number of hydrogen-bond acceptors (Lipinski definition) is 4. The molecule has 0 bridgehead atoms. The number of imidazole rings is 1. The lowest BCUT2D eigenvalue weighted by Crippen LogP contribution is -2.42. The van der Waals surface area contributed by atoms with E-state index >= 15 is 0 Å². The third kappa shape index (κ3) is 3.17. The molecule has 0 aromatic carbocycles. The van der Waals surface area contributed by atoms with Gasteiger partial charge in [-0.2, -0.15) is 0 Å². The molecular weight excluding hydrogens is 320 g/mol. The number of fused-ring (bicyclic) bond motifs is 1. The Kier molecular flexibility index (Phi) is 4.27. The van der Waals surface area contributed by atoms with Crippen LogP contribution in [0.5, 0.6) is 0 Å². The summed E-state index contributed by atoms with van der Waals surface area (Å²) in [6, 6.07) is -0.0266. The van der Waals surface area contributed by atoms with Crippen molar-refractivity contribution in [1.82, 2.24) is 19.4 Å². The van der Waals surface area contributed by atoms with E-state index in [0.29, 0.717) is 38.6 Å². The van der Waals surface area contributed by atoms with Crippen molar-refractivity contribution in [3.63, 3.8) is 0 Å². The highest BCUT2D eigenvalue weighted by molar-refractivity contribution is 5.82. The van der Waals surface area contributed by atoms with Crippen molar-refractivity contribution < 1.29 is 14.3 Å². The Morgan fingerprint density at radius 2 is 1.92 bits per heavy atom. The molecule has 1 aromatic rings. The highest BCUT2D eigenvalue weighted by Gasteiger charge is 2.44. The van der Waals surface area contributed by atoms with Gasteiger partial charge in [0.25, 0.3) is 0 Å². The molecule has 0 N–H and O–H groups in total. The number of nitrogens with zero attached hydrogens (tertiary/aromatic N) is 4. The first-order valence-corrected chi connectivity index (χ1v) is 9.26. The summed E-state index contributed by atoms with van der Waals surface area (Å²) >= 11 is 0. The second kappa shape index (κ2) is 6.44. The van der Waals surface area contributed by atoms with Gasteiger partial charge >= 0.3 is 0 Å². The summed E-state index contributed by atoms with van der Waals surface area (Å²) in [5.74, 6) is 1.98. The second-order valence-corrected chi connectivity index (χ2v) is 7.48. The maximum absolute atomic E-state index is 12.6. The maximum Gasteiger partial charge on any atom is 0.228 e. The van der Waals surface area contributed by atoms with Crippen LogP contribution in [0.15, 0.2) is 6.20 Å². The molecular formula is C18H26N4O3. The topological polar surface area (TPSA) is 67.7 Å². The van der Waals surface area contributed by atoms with Crippen LogP contribution in [-0.2, 0) is 27.3 Å². The molecule has 3 heterocycles. The lowest BCUT2D eigenvalue weighted by atomic mass is 10.1. The summed E-state index contributed by atoms with van der Waals surface area (Å²) in [4.78, 5) is 33.5. The quantitative estimate of drug-likeness (QED) is 0.814. The number of carbonyl (C=O) groups is 2. The molecule has 0 spiro atoms. The Bertz CT molecular complexity index is 680. The monoisotopic (exact) mass is 346 g/mol. The summed E-state index contributed by atoms with van der Waals surface area (Å²) in [6.45, 7) is 8.19. The first kappa shape index (κ1) is 16.6. The molecule has 136 valence electrons. The predicted molar refractivity (Wildman–Crippen MR) is 90.7 cm³/mol. The minimum absolute atomic E-state index is 0.0266. The molecule has 3 aliphatic rings. The smallest absolute Gasteiger partial charge is 0.228 e. The van der Waals surface area contributed by atoms with Gasteiger partial charge in [0.15, 0.2) is 0 Å². The standard InChI is InChI=1S/C18H26N4O3/c1-12-9-15(12)18(24)22-4-3-21-11-14(19-17(21)13(22)2)10-16(23)20-5-7-25-8-6-20/h11-13,15H,3-10H2,1-2H3/t12-,13-,15+/m1/s1. The molecule has 25 heavy (non-hydrogen) atoms. The van der Waals surface area contributed by atoms with E-state index in [1.165, 1.54) is 0 Å². The van der Waals surface area contributed by atoms with E-state index in [2.05, 4.69) is 16.5 Å². The fourth-order valence-corrected chi connectivity index (χ4v) is 3.89. The van der Waals surface area contributed by atoms with Gasteiger partial charge in [-0.1, -0.05) is 6.92 Å². The number of aromatic nitrogens is 2. The lowest BCUT2D eigenvalue weighted by Gasteiger charge is -2.34. The molecule has 4 rings (SSSR count). The molecule has 0 unspecified atom stereocenters. The van der Waals surface area contributed by atoms with Gasteiger partial charge in [-0.05, 0) is 19.3 Å². The average Bonchev–Trinajstić information content (AvgIpc) is 3.20. The van der Waals surface area contributed by atoms with E-state index in [9.17, 15) is 9.59 Å². The summed E-state index contributed by atoms with van der Waals surface area (Å²) in [6.07, 6.45) is 3.31. The molecule has 1 saturated heterocycles. The van der Waals surface area contributed by atoms with Crippen LogP contribution in [0.25, 0.3) is 0 Å². The normalized spacial score (nSPS) is 28.6. The summed E-state index contributed by atoms with van der Waals surface area (Å²) in [5.41, 5.74) is 0.799. The first-order valence-electron chi connectivity index (χ1n) is 9.26. The number of ether oxygens (including phenoxy) is 1. The molecule has 0 radical (unpaired) electrons. The van der Waals surface area contributed by atoms with E-state index in [1.54, 1.807) is 0 Å². The molecule has 2 aliphatic heterocycles. The first-order chi connectivity index (χ1) is 12.0. The Labute approximate surface area is 147 Å². The van der Waals surface area contributed by atoms with Gasteiger partial charge in [0.05, 0.1) is 31.4 Å². The fourth-order valence-electron chi connectivity index (χ4n) is 3.89. The number of morpholine rings is 1. The van der Waals surface area contributed by atoms with Gasteiger partial charge in [-0.3, -0.25) is 9.59 Å². The zero-order valence-corrected chi connectivity index (χ0v) is 15.0. The number of hydrogen-bond donors (Lipinski definition) is 0. The highest BCUT2D eigenvalue weighted by atomic mass is 16.5. The summed E-state index contributed by atoms with van der Waals surface area (Å²) in [7, 11) is 0. The number of amides is 2. The SMILES string of the molecule is C[C@@H]1C[C@@H]1C(=O)N1CCn2cc(CC(=O)N3CCOCC3)nc2[C@H]1C. The zero-order valence-electron chi connectivity index (χ0n) is 15.0. The maximum atomic E-state index is 12.6. The molecule has 1 aliphatic carbocycles. The van der Waals surface area contributed by atoms with Gasteiger partial charge in [0, 0.05) is 38.3 Å². The third-order valence-electron chi connectivity index (χ3n) is 5.69. The van der Waals surface area contributed by atoms with E-state index in [0.717, 1.165) is 31.0 Å². The number of rotatable bonds is 3. The molecule has 3 atom stereocenters. The Morgan fingerprint density at radius 1 is 1.20 bits per heavy atom. The fraction of sp³-hybridized carbons (Fsp3) is 0.722. The van der Waals surface area contributed by atoms with Crippen molar-refractivity contribution in [1.29, 1.82) is 0 Å². The van der Waals surface area contributed by atoms with Gasteiger partial charge in [-0.25, -0.2) is 4.98 Å². The van der Waals surface area contributed by atoms with Crippen molar-refractivity contribution in [2.45, 2.75) is 39.3 Å². The third-order valence-corrected chi connectivity index (χ3v) is 5.69. The van der Waals surface area contributed by atoms with Crippen molar-refractivity contribution in [3.8, 4) is 0 Å². The predicted octanol–water partition coefficient (Wildman–Crippen LogP) is 0.844. The van der Waals surface area contributed by atoms with E-state index in [4.69, 9.17) is 4.74 Å². The minimum atomic E-state index is -0.0266.